The lowest BCUT2D eigenvalue weighted by Crippen LogP contribution is -2.31. The topological polar surface area (TPSA) is 88.0 Å². The van der Waals surface area contributed by atoms with Crippen molar-refractivity contribution in [2.45, 2.75) is 29.4 Å². The Balaban J connectivity index is 1.81. The Kier molecular flexibility index (Phi) is 4.14. The van der Waals surface area contributed by atoms with Crippen molar-refractivity contribution in [3.8, 4) is 0 Å². The number of hydrogen-bond donors (Lipinski definition) is 3. The Morgan fingerprint density at radius 3 is 3.00 bits per heavy atom. The van der Waals surface area contributed by atoms with Crippen molar-refractivity contribution in [2.24, 2.45) is 0 Å². The van der Waals surface area contributed by atoms with Crippen LogP contribution in [0.3, 0.4) is 0 Å². The molecule has 114 valence electrons. The molecule has 2 heterocycles. The lowest BCUT2D eigenvalue weighted by molar-refractivity contribution is 0.574. The maximum Gasteiger partial charge on any atom is 0.242 e. The Labute approximate surface area is 128 Å². The minimum absolute atomic E-state index is 0.269. The van der Waals surface area contributed by atoms with Crippen LogP contribution in [0.2, 0.25) is 0 Å². The van der Waals surface area contributed by atoms with Crippen LogP contribution in [0.25, 0.3) is 10.9 Å². The Hall–Kier alpha value is -1.18. The first kappa shape index (κ1) is 14.7. The third kappa shape index (κ3) is 3.20. The number of nitrogens with two attached hydrogens (primary N) is 1. The summed E-state index contributed by atoms with van der Waals surface area (Å²) in [6.07, 6.45) is 5.02. The molecule has 0 amide bonds. The third-order valence-electron chi connectivity index (χ3n) is 3.73. The monoisotopic (exact) mass is 325 g/mol. The van der Waals surface area contributed by atoms with Gasteiger partial charge in [-0.3, -0.25) is 0 Å². The number of aromatic nitrogens is 1. The van der Waals surface area contributed by atoms with E-state index in [0.29, 0.717) is 22.9 Å². The maximum atomic E-state index is 12.5. The van der Waals surface area contributed by atoms with Crippen LogP contribution in [-0.2, 0) is 10.0 Å². The second kappa shape index (κ2) is 5.90. The van der Waals surface area contributed by atoms with Crippen molar-refractivity contribution in [1.82, 2.24) is 9.71 Å². The molecule has 0 bridgehead atoms. The van der Waals surface area contributed by atoms with E-state index in [9.17, 15) is 8.42 Å². The number of benzene rings is 1. The molecule has 21 heavy (non-hydrogen) atoms. The van der Waals surface area contributed by atoms with E-state index in [1.165, 1.54) is 19.0 Å². The zero-order valence-corrected chi connectivity index (χ0v) is 13.3. The molecule has 1 saturated heterocycles. The number of aromatic amines is 1. The second-order valence-corrected chi connectivity index (χ2v) is 8.44. The predicted molar refractivity (Wildman–Crippen MR) is 88.0 cm³/mol. The van der Waals surface area contributed by atoms with Crippen LogP contribution in [0.5, 0.6) is 0 Å². The maximum absolute atomic E-state index is 12.5. The zero-order valence-electron chi connectivity index (χ0n) is 11.6. The quantitative estimate of drug-likeness (QED) is 0.753. The van der Waals surface area contributed by atoms with Gasteiger partial charge in [-0.05, 0) is 36.8 Å². The molecule has 4 N–H and O–H groups in total. The minimum atomic E-state index is -3.51. The van der Waals surface area contributed by atoms with Gasteiger partial charge in [-0.15, -0.1) is 0 Å². The van der Waals surface area contributed by atoms with E-state index in [1.54, 1.807) is 18.2 Å². The molecule has 3 rings (SSSR count). The molecule has 1 aromatic heterocycles. The highest BCUT2D eigenvalue weighted by molar-refractivity contribution is 8.00. The summed E-state index contributed by atoms with van der Waals surface area (Å²) in [5, 5.41) is 1.02. The van der Waals surface area contributed by atoms with Crippen LogP contribution < -0.4 is 10.5 Å². The fraction of sp³-hybridized carbons (Fsp3) is 0.429. The molecule has 0 aliphatic carbocycles. The highest BCUT2D eigenvalue weighted by atomic mass is 32.2. The van der Waals surface area contributed by atoms with E-state index in [1.807, 2.05) is 11.8 Å². The van der Waals surface area contributed by atoms with Crippen LogP contribution in [0.4, 0.5) is 5.69 Å². The molecular weight excluding hydrogens is 306 g/mol. The summed E-state index contributed by atoms with van der Waals surface area (Å²) in [5.74, 6) is 1.12. The van der Waals surface area contributed by atoms with Crippen LogP contribution in [0, 0.1) is 0 Å². The predicted octanol–water partition coefficient (Wildman–Crippen LogP) is 2.31. The number of nitrogen functional groups attached to an aromatic ring is 1. The average molecular weight is 325 g/mol. The molecule has 0 spiro atoms. The molecule has 1 unspecified atom stereocenters. The van der Waals surface area contributed by atoms with Crippen LogP contribution in [0.15, 0.2) is 29.3 Å². The SMILES string of the molecule is Nc1ccc2[nH]cc(S(=O)(=O)NCC3CCCCS3)c2c1. The first-order valence-electron chi connectivity index (χ1n) is 7.04. The van der Waals surface area contributed by atoms with Gasteiger partial charge in [0.15, 0.2) is 0 Å². The van der Waals surface area contributed by atoms with Crippen LogP contribution in [0.1, 0.15) is 19.3 Å². The molecule has 2 aromatic rings. The number of H-pyrrole nitrogens is 1. The smallest absolute Gasteiger partial charge is 0.242 e. The Bertz CT molecular complexity index is 734. The highest BCUT2D eigenvalue weighted by Gasteiger charge is 2.21. The van der Waals surface area contributed by atoms with E-state index in [-0.39, 0.29) is 4.90 Å². The van der Waals surface area contributed by atoms with Crippen LogP contribution >= 0.6 is 11.8 Å². The first-order chi connectivity index (χ1) is 10.1. The van der Waals surface area contributed by atoms with Crippen molar-refractivity contribution in [3.63, 3.8) is 0 Å². The standard InChI is InChI=1S/C14H19N3O2S2/c15-10-4-5-13-12(7-10)14(9-16-13)21(18,19)17-8-11-3-1-2-6-20-11/h4-5,7,9,11,16-17H,1-3,6,8,15H2. The summed E-state index contributed by atoms with van der Waals surface area (Å²) in [7, 11) is -3.51. The third-order valence-corrected chi connectivity index (χ3v) is 6.59. The Morgan fingerprint density at radius 1 is 1.38 bits per heavy atom. The molecule has 0 saturated carbocycles. The number of nitrogens with one attached hydrogen (secondary N) is 2. The summed E-state index contributed by atoms with van der Waals surface area (Å²) in [6, 6.07) is 5.23. The number of sulfonamides is 1. The van der Waals surface area contributed by atoms with Crippen LogP contribution in [-0.4, -0.2) is 30.9 Å². The molecule has 1 aliphatic heterocycles. The van der Waals surface area contributed by atoms with Crippen molar-refractivity contribution in [3.05, 3.63) is 24.4 Å². The number of thioether (sulfide) groups is 1. The van der Waals surface area contributed by atoms with Gasteiger partial charge in [-0.1, -0.05) is 6.42 Å². The summed E-state index contributed by atoms with van der Waals surface area (Å²) < 4.78 is 27.7. The van der Waals surface area contributed by atoms with Crippen molar-refractivity contribution in [2.75, 3.05) is 18.0 Å². The summed E-state index contributed by atoms with van der Waals surface area (Å²) in [4.78, 5) is 3.25. The molecular formula is C14H19N3O2S2. The number of fused-ring (bicyclic) bond motifs is 1. The lowest BCUT2D eigenvalue weighted by atomic mass is 10.2. The molecule has 5 nitrogen and oxygen atoms in total. The van der Waals surface area contributed by atoms with Crippen molar-refractivity contribution in [1.29, 1.82) is 0 Å². The van der Waals surface area contributed by atoms with E-state index >= 15 is 0 Å². The molecule has 0 radical (unpaired) electrons. The van der Waals surface area contributed by atoms with Gasteiger partial charge in [0, 0.05) is 34.6 Å². The van der Waals surface area contributed by atoms with Crippen molar-refractivity contribution < 1.29 is 8.42 Å². The summed E-state index contributed by atoms with van der Waals surface area (Å²) >= 11 is 1.85. The van der Waals surface area contributed by atoms with E-state index < -0.39 is 10.0 Å². The van der Waals surface area contributed by atoms with Gasteiger partial charge in [0.2, 0.25) is 10.0 Å². The van der Waals surface area contributed by atoms with E-state index in [2.05, 4.69) is 9.71 Å². The number of rotatable bonds is 4. The van der Waals surface area contributed by atoms with Gasteiger partial charge in [-0.25, -0.2) is 13.1 Å². The van der Waals surface area contributed by atoms with Gasteiger partial charge in [0.25, 0.3) is 0 Å². The van der Waals surface area contributed by atoms with Gasteiger partial charge in [-0.2, -0.15) is 11.8 Å². The van der Waals surface area contributed by atoms with Gasteiger partial charge < -0.3 is 10.7 Å². The molecule has 1 aliphatic rings. The summed E-state index contributed by atoms with van der Waals surface area (Å²) in [5.41, 5.74) is 7.09. The fourth-order valence-electron chi connectivity index (χ4n) is 2.58. The normalized spacial score (nSPS) is 19.9. The van der Waals surface area contributed by atoms with Crippen molar-refractivity contribution >= 4 is 38.4 Å². The molecule has 1 fully saturated rings. The van der Waals surface area contributed by atoms with Gasteiger partial charge >= 0.3 is 0 Å². The lowest BCUT2D eigenvalue weighted by Gasteiger charge is -2.21. The van der Waals surface area contributed by atoms with Gasteiger partial charge in [0.1, 0.15) is 4.90 Å². The highest BCUT2D eigenvalue weighted by Crippen LogP contribution is 2.27. The molecule has 1 atom stereocenters. The average Bonchev–Trinajstić information content (AvgIpc) is 2.90. The Morgan fingerprint density at radius 2 is 2.24 bits per heavy atom. The zero-order chi connectivity index (χ0) is 14.9. The largest absolute Gasteiger partial charge is 0.399 e. The fourth-order valence-corrected chi connectivity index (χ4v) is 5.18. The van der Waals surface area contributed by atoms with E-state index in [0.717, 1.165) is 17.7 Å². The first-order valence-corrected chi connectivity index (χ1v) is 9.57. The van der Waals surface area contributed by atoms with E-state index in [4.69, 9.17) is 5.73 Å². The number of anilines is 1. The number of hydrogen-bond acceptors (Lipinski definition) is 4. The second-order valence-electron chi connectivity index (χ2n) is 5.30. The summed E-state index contributed by atoms with van der Waals surface area (Å²) in [6.45, 7) is 0.488. The molecule has 1 aromatic carbocycles. The molecule has 7 heteroatoms. The van der Waals surface area contributed by atoms with Gasteiger partial charge in [0.05, 0.1) is 0 Å². The minimum Gasteiger partial charge on any atom is -0.399 e.